The van der Waals surface area contributed by atoms with Gasteiger partial charge in [0.1, 0.15) is 29.5 Å². The molecule has 1 heterocycles. The summed E-state index contributed by atoms with van der Waals surface area (Å²) in [5.74, 6) is 0.454. The standard InChI is InChI=1S/C32H26N2O8/c1-2-3-14-40-20-12-13-28-19(15-20)16-25(31(38)42-28)29(35)33-17-27(30(36)37)34-32(39)41-18-26-23-10-6-4-8-21(23)22-9-5-7-11-24(22)26/h1,4-13,15-16,26-27H,3,14,17-18H2,(H,33,35)(H,34,39)(H,36,37)/t27-/m0/s1. The SMILES string of the molecule is C#CCCOc1ccc2oc(=O)c(C(=O)NC[C@H](NC(=O)OCC3c4ccccc4-c4ccccc43)C(=O)O)cc2c1. The lowest BCUT2D eigenvalue weighted by atomic mass is 9.98. The molecule has 1 atom stereocenters. The van der Waals surface area contributed by atoms with Crippen LogP contribution >= 0.6 is 0 Å². The van der Waals surface area contributed by atoms with Gasteiger partial charge >= 0.3 is 17.7 Å². The van der Waals surface area contributed by atoms with E-state index < -0.39 is 36.2 Å². The second-order valence-corrected chi connectivity index (χ2v) is 9.52. The first kappa shape index (κ1) is 28.0. The van der Waals surface area contributed by atoms with Crippen LogP contribution in [0.4, 0.5) is 4.79 Å². The maximum absolute atomic E-state index is 12.8. The van der Waals surface area contributed by atoms with Gasteiger partial charge in [-0.25, -0.2) is 14.4 Å². The number of carboxylic acid groups (broad SMARTS) is 1. The highest BCUT2D eigenvalue weighted by atomic mass is 16.5. The quantitative estimate of drug-likeness (QED) is 0.149. The minimum atomic E-state index is -1.52. The van der Waals surface area contributed by atoms with Gasteiger partial charge in [-0.3, -0.25) is 4.79 Å². The van der Waals surface area contributed by atoms with Crippen LogP contribution in [0.3, 0.4) is 0 Å². The molecular weight excluding hydrogens is 540 g/mol. The van der Waals surface area contributed by atoms with Crippen LogP contribution in [0, 0.1) is 12.3 Å². The number of carbonyl (C=O) groups is 3. The maximum Gasteiger partial charge on any atom is 0.407 e. The summed E-state index contributed by atoms with van der Waals surface area (Å²) >= 11 is 0. The molecule has 0 radical (unpaired) electrons. The molecule has 0 unspecified atom stereocenters. The van der Waals surface area contributed by atoms with Crippen molar-refractivity contribution in [3.05, 3.63) is 99.9 Å². The number of amides is 2. The molecule has 5 rings (SSSR count). The zero-order valence-corrected chi connectivity index (χ0v) is 22.3. The molecule has 1 aliphatic rings. The van der Waals surface area contributed by atoms with Gasteiger partial charge in [-0.2, -0.15) is 0 Å². The highest BCUT2D eigenvalue weighted by Gasteiger charge is 2.30. The number of rotatable bonds is 10. The minimum absolute atomic E-state index is 0.00880. The monoisotopic (exact) mass is 566 g/mol. The Morgan fingerprint density at radius 2 is 1.69 bits per heavy atom. The number of carbonyl (C=O) groups excluding carboxylic acids is 2. The number of terminal acetylenes is 1. The van der Waals surface area contributed by atoms with Crippen LogP contribution in [0.25, 0.3) is 22.1 Å². The molecule has 1 aliphatic carbocycles. The van der Waals surface area contributed by atoms with Crippen LogP contribution < -0.4 is 21.0 Å². The van der Waals surface area contributed by atoms with E-state index in [0.717, 1.165) is 22.3 Å². The van der Waals surface area contributed by atoms with Gasteiger partial charge in [-0.15, -0.1) is 12.3 Å². The van der Waals surface area contributed by atoms with Crippen LogP contribution in [0.5, 0.6) is 5.75 Å². The summed E-state index contributed by atoms with van der Waals surface area (Å²) in [4.78, 5) is 49.6. The molecule has 4 aromatic rings. The third kappa shape index (κ3) is 5.95. The normalized spacial score (nSPS) is 12.5. The van der Waals surface area contributed by atoms with Crippen molar-refractivity contribution in [2.24, 2.45) is 0 Å². The Morgan fingerprint density at radius 3 is 2.36 bits per heavy atom. The molecule has 212 valence electrons. The predicted octanol–water partition coefficient (Wildman–Crippen LogP) is 3.92. The van der Waals surface area contributed by atoms with Crippen molar-refractivity contribution in [3.63, 3.8) is 0 Å². The second kappa shape index (κ2) is 12.3. The number of fused-ring (bicyclic) bond motifs is 4. The summed E-state index contributed by atoms with van der Waals surface area (Å²) in [5, 5.41) is 14.7. The van der Waals surface area contributed by atoms with Crippen molar-refractivity contribution in [2.45, 2.75) is 18.4 Å². The number of ether oxygens (including phenoxy) is 2. The van der Waals surface area contributed by atoms with Gasteiger partial charge in [0.25, 0.3) is 5.91 Å². The van der Waals surface area contributed by atoms with Crippen LogP contribution in [-0.2, 0) is 9.53 Å². The van der Waals surface area contributed by atoms with Gasteiger partial charge in [-0.1, -0.05) is 48.5 Å². The smallest absolute Gasteiger partial charge is 0.407 e. The Kier molecular flexibility index (Phi) is 8.20. The lowest BCUT2D eigenvalue weighted by molar-refractivity contribution is -0.139. The predicted molar refractivity (Wildman–Crippen MR) is 153 cm³/mol. The molecular formula is C32H26N2O8. The molecule has 1 aromatic heterocycles. The Hall–Kier alpha value is -5.56. The van der Waals surface area contributed by atoms with Gasteiger partial charge in [0, 0.05) is 24.3 Å². The molecule has 3 N–H and O–H groups in total. The fraction of sp³-hybridized carbons (Fsp3) is 0.188. The van der Waals surface area contributed by atoms with E-state index in [1.165, 1.54) is 12.1 Å². The lowest BCUT2D eigenvalue weighted by Crippen LogP contribution is -2.49. The second-order valence-electron chi connectivity index (χ2n) is 9.52. The van der Waals surface area contributed by atoms with Crippen molar-refractivity contribution in [3.8, 4) is 29.2 Å². The van der Waals surface area contributed by atoms with E-state index in [-0.39, 0.29) is 23.7 Å². The molecule has 2 amide bonds. The van der Waals surface area contributed by atoms with Crippen molar-refractivity contribution < 1.29 is 33.4 Å². The number of alkyl carbamates (subject to hydrolysis) is 1. The summed E-state index contributed by atoms with van der Waals surface area (Å²) in [7, 11) is 0. The van der Waals surface area contributed by atoms with Crippen molar-refractivity contribution in [1.29, 1.82) is 0 Å². The maximum atomic E-state index is 12.8. The van der Waals surface area contributed by atoms with E-state index in [2.05, 4.69) is 16.6 Å². The van der Waals surface area contributed by atoms with Crippen LogP contribution in [0.2, 0.25) is 0 Å². The Labute approximate surface area is 240 Å². The van der Waals surface area contributed by atoms with Crippen LogP contribution in [0.1, 0.15) is 33.8 Å². The zero-order valence-electron chi connectivity index (χ0n) is 22.3. The number of aliphatic carboxylic acids is 1. The highest BCUT2D eigenvalue weighted by Crippen LogP contribution is 2.44. The first-order chi connectivity index (χ1) is 20.4. The number of benzene rings is 3. The molecule has 0 fully saturated rings. The van der Waals surface area contributed by atoms with Gasteiger partial charge in [0.2, 0.25) is 0 Å². The van der Waals surface area contributed by atoms with Crippen LogP contribution in [-0.4, -0.2) is 48.9 Å². The molecule has 0 bridgehead atoms. The topological polar surface area (TPSA) is 144 Å². The Morgan fingerprint density at radius 1 is 1.00 bits per heavy atom. The van der Waals surface area contributed by atoms with E-state index >= 15 is 0 Å². The fourth-order valence-electron chi connectivity index (χ4n) is 4.85. The molecule has 3 aromatic carbocycles. The van der Waals surface area contributed by atoms with E-state index in [0.29, 0.717) is 24.2 Å². The van der Waals surface area contributed by atoms with Crippen molar-refractivity contribution in [1.82, 2.24) is 10.6 Å². The third-order valence-corrected chi connectivity index (χ3v) is 6.86. The first-order valence-corrected chi connectivity index (χ1v) is 13.1. The fourth-order valence-corrected chi connectivity index (χ4v) is 4.85. The number of hydrogen-bond donors (Lipinski definition) is 3. The molecule has 0 saturated carbocycles. The number of hydrogen-bond acceptors (Lipinski definition) is 7. The first-order valence-electron chi connectivity index (χ1n) is 13.1. The molecule has 10 nitrogen and oxygen atoms in total. The van der Waals surface area contributed by atoms with Gasteiger partial charge in [0.05, 0.1) is 6.61 Å². The number of nitrogens with one attached hydrogen (secondary N) is 2. The summed E-state index contributed by atoms with van der Waals surface area (Å²) in [6, 6.07) is 20.1. The van der Waals surface area contributed by atoms with E-state index in [9.17, 15) is 24.3 Å². The third-order valence-electron chi connectivity index (χ3n) is 6.86. The largest absolute Gasteiger partial charge is 0.493 e. The molecule has 42 heavy (non-hydrogen) atoms. The summed E-state index contributed by atoms with van der Waals surface area (Å²) in [5.41, 5.74) is 3.12. The summed E-state index contributed by atoms with van der Waals surface area (Å²) < 4.78 is 16.2. The van der Waals surface area contributed by atoms with Gasteiger partial charge in [0.15, 0.2) is 0 Å². The van der Waals surface area contributed by atoms with Crippen molar-refractivity contribution in [2.75, 3.05) is 19.8 Å². The highest BCUT2D eigenvalue weighted by molar-refractivity contribution is 5.97. The number of carboxylic acids is 1. The molecule has 0 saturated heterocycles. The summed E-state index contributed by atoms with van der Waals surface area (Å²) in [6.07, 6.45) is 4.68. The van der Waals surface area contributed by atoms with E-state index in [1.807, 2.05) is 48.5 Å². The summed E-state index contributed by atoms with van der Waals surface area (Å²) in [6.45, 7) is -0.227. The van der Waals surface area contributed by atoms with E-state index in [4.69, 9.17) is 20.3 Å². The molecule has 0 aliphatic heterocycles. The molecule has 10 heteroatoms. The van der Waals surface area contributed by atoms with Crippen LogP contribution in [0.15, 0.2) is 82.0 Å². The van der Waals surface area contributed by atoms with E-state index in [1.54, 1.807) is 12.1 Å². The Balaban J connectivity index is 1.21. The van der Waals surface area contributed by atoms with Gasteiger partial charge < -0.3 is 29.6 Å². The van der Waals surface area contributed by atoms with Crippen molar-refractivity contribution >= 4 is 28.9 Å². The molecule has 0 spiro atoms. The lowest BCUT2D eigenvalue weighted by Gasteiger charge is -2.18. The average Bonchev–Trinajstić information content (AvgIpc) is 3.31. The average molecular weight is 567 g/mol. The zero-order chi connectivity index (χ0) is 29.6. The Bertz CT molecular complexity index is 1730. The van der Waals surface area contributed by atoms with Gasteiger partial charge in [-0.05, 0) is 46.5 Å². The minimum Gasteiger partial charge on any atom is -0.493 e.